The second-order valence-electron chi connectivity index (χ2n) is 3.50. The first kappa shape index (κ1) is 10.6. The molecular formula is C11H7ClN4S. The van der Waals surface area contributed by atoms with Crippen molar-refractivity contribution in [1.29, 1.82) is 0 Å². The molecule has 0 N–H and O–H groups in total. The Balaban J connectivity index is 2.25. The van der Waals surface area contributed by atoms with E-state index in [1.807, 2.05) is 13.0 Å². The number of nitrogens with zero attached hydrogens (tertiary/aromatic N) is 4. The Kier molecular flexibility index (Phi) is 2.49. The van der Waals surface area contributed by atoms with Crippen LogP contribution in [-0.4, -0.2) is 19.9 Å². The number of hydrogen-bond donors (Lipinski definition) is 0. The van der Waals surface area contributed by atoms with Crippen LogP contribution in [0, 0.1) is 6.92 Å². The van der Waals surface area contributed by atoms with Crippen LogP contribution in [0.3, 0.4) is 0 Å². The van der Waals surface area contributed by atoms with Crippen LogP contribution in [0.4, 0.5) is 0 Å². The van der Waals surface area contributed by atoms with E-state index in [9.17, 15) is 0 Å². The van der Waals surface area contributed by atoms with E-state index in [-0.39, 0.29) is 0 Å². The quantitative estimate of drug-likeness (QED) is 0.633. The molecule has 0 spiro atoms. The molecule has 4 nitrogen and oxygen atoms in total. The Bertz CT molecular complexity index is 681. The smallest absolute Gasteiger partial charge is 0.182 e. The van der Waals surface area contributed by atoms with Crippen LogP contribution >= 0.6 is 22.9 Å². The molecule has 6 heteroatoms. The minimum atomic E-state index is 0.458. The van der Waals surface area contributed by atoms with Gasteiger partial charge in [-0.15, -0.1) is 11.3 Å². The maximum Gasteiger partial charge on any atom is 0.182 e. The zero-order chi connectivity index (χ0) is 11.8. The van der Waals surface area contributed by atoms with E-state index < -0.39 is 0 Å². The molecule has 0 unspecified atom stereocenters. The van der Waals surface area contributed by atoms with E-state index in [4.69, 9.17) is 11.6 Å². The number of thiophene rings is 1. The Morgan fingerprint density at radius 1 is 1.24 bits per heavy atom. The third kappa shape index (κ3) is 1.87. The average molecular weight is 263 g/mol. The first-order chi connectivity index (χ1) is 8.24. The molecule has 0 bridgehead atoms. The van der Waals surface area contributed by atoms with Gasteiger partial charge in [-0.25, -0.2) is 15.0 Å². The monoisotopic (exact) mass is 262 g/mol. The fourth-order valence-corrected chi connectivity index (χ4v) is 2.70. The first-order valence-electron chi connectivity index (χ1n) is 4.94. The molecule has 0 atom stereocenters. The van der Waals surface area contributed by atoms with Crippen LogP contribution in [0.15, 0.2) is 24.7 Å². The SMILES string of the molecule is Cc1cc2c(Cl)nc(-c3cnccn3)nc2s1. The van der Waals surface area contributed by atoms with Crippen molar-refractivity contribution in [3.05, 3.63) is 34.7 Å². The minimum Gasteiger partial charge on any atom is -0.261 e. The summed E-state index contributed by atoms with van der Waals surface area (Å²) in [5.74, 6) is 0.512. The van der Waals surface area contributed by atoms with E-state index in [0.717, 1.165) is 15.1 Å². The zero-order valence-electron chi connectivity index (χ0n) is 8.88. The maximum absolute atomic E-state index is 6.13. The summed E-state index contributed by atoms with van der Waals surface area (Å²) in [6, 6.07) is 1.99. The van der Waals surface area contributed by atoms with E-state index in [2.05, 4.69) is 19.9 Å². The Labute approximate surface area is 106 Å². The zero-order valence-corrected chi connectivity index (χ0v) is 10.5. The summed E-state index contributed by atoms with van der Waals surface area (Å²) in [7, 11) is 0. The highest BCUT2D eigenvalue weighted by molar-refractivity contribution is 7.18. The second kappa shape index (κ2) is 4.01. The standard InChI is InChI=1S/C11H7ClN4S/c1-6-4-7-9(12)15-10(16-11(7)17-6)8-5-13-2-3-14-8/h2-5H,1H3. The summed E-state index contributed by atoms with van der Waals surface area (Å²) in [6.45, 7) is 2.02. The van der Waals surface area contributed by atoms with Crippen molar-refractivity contribution in [3.8, 4) is 11.5 Å². The number of aryl methyl sites for hydroxylation is 1. The molecule has 0 aliphatic carbocycles. The van der Waals surface area contributed by atoms with Gasteiger partial charge >= 0.3 is 0 Å². The molecule has 3 aromatic heterocycles. The van der Waals surface area contributed by atoms with E-state index in [1.165, 1.54) is 0 Å². The van der Waals surface area contributed by atoms with Gasteiger partial charge in [0.25, 0.3) is 0 Å². The topological polar surface area (TPSA) is 51.6 Å². The normalized spacial score (nSPS) is 10.9. The summed E-state index contributed by atoms with van der Waals surface area (Å²) >= 11 is 7.72. The van der Waals surface area contributed by atoms with Gasteiger partial charge in [0.1, 0.15) is 15.7 Å². The number of rotatable bonds is 1. The number of hydrogen-bond acceptors (Lipinski definition) is 5. The maximum atomic E-state index is 6.13. The third-order valence-electron chi connectivity index (χ3n) is 2.26. The van der Waals surface area contributed by atoms with Gasteiger partial charge in [-0.2, -0.15) is 0 Å². The third-order valence-corrected chi connectivity index (χ3v) is 3.49. The highest BCUT2D eigenvalue weighted by Crippen LogP contribution is 2.29. The largest absolute Gasteiger partial charge is 0.261 e. The molecule has 0 amide bonds. The Morgan fingerprint density at radius 3 is 2.88 bits per heavy atom. The molecule has 3 aromatic rings. The number of aromatic nitrogens is 4. The molecule has 84 valence electrons. The van der Waals surface area contributed by atoms with Crippen LogP contribution in [0.25, 0.3) is 21.7 Å². The fourth-order valence-electron chi connectivity index (χ4n) is 1.54. The first-order valence-corrected chi connectivity index (χ1v) is 6.13. The Morgan fingerprint density at radius 2 is 2.12 bits per heavy atom. The summed E-state index contributed by atoms with van der Waals surface area (Å²) in [5.41, 5.74) is 0.627. The molecule has 0 saturated carbocycles. The molecule has 3 heterocycles. The van der Waals surface area contributed by atoms with Crippen LogP contribution < -0.4 is 0 Å². The fraction of sp³-hybridized carbons (Fsp3) is 0.0909. The molecule has 0 aliphatic rings. The van der Waals surface area contributed by atoms with Gasteiger partial charge < -0.3 is 0 Å². The number of fused-ring (bicyclic) bond motifs is 1. The van der Waals surface area contributed by atoms with Gasteiger partial charge in [0.05, 0.1) is 6.20 Å². The van der Waals surface area contributed by atoms with Gasteiger partial charge in [-0.05, 0) is 13.0 Å². The summed E-state index contributed by atoms with van der Waals surface area (Å²) in [6.07, 6.45) is 4.84. The summed E-state index contributed by atoms with van der Waals surface area (Å²) in [5, 5.41) is 1.35. The van der Waals surface area contributed by atoms with Gasteiger partial charge in [0.15, 0.2) is 5.82 Å². The molecule has 0 saturated heterocycles. The van der Waals surface area contributed by atoms with E-state index in [1.54, 1.807) is 29.9 Å². The van der Waals surface area contributed by atoms with Crippen LogP contribution in [0.2, 0.25) is 5.15 Å². The highest BCUT2D eigenvalue weighted by atomic mass is 35.5. The van der Waals surface area contributed by atoms with Gasteiger partial charge in [-0.1, -0.05) is 11.6 Å². The second-order valence-corrected chi connectivity index (χ2v) is 5.10. The van der Waals surface area contributed by atoms with E-state index >= 15 is 0 Å². The lowest BCUT2D eigenvalue weighted by Gasteiger charge is -1.99. The molecule has 0 radical (unpaired) electrons. The molecule has 0 fully saturated rings. The van der Waals surface area contributed by atoms with E-state index in [0.29, 0.717) is 16.7 Å². The van der Waals surface area contributed by atoms with Gasteiger partial charge in [0, 0.05) is 22.7 Å². The van der Waals surface area contributed by atoms with Crippen LogP contribution in [0.1, 0.15) is 4.88 Å². The molecular weight excluding hydrogens is 256 g/mol. The van der Waals surface area contributed by atoms with Crippen molar-refractivity contribution in [1.82, 2.24) is 19.9 Å². The van der Waals surface area contributed by atoms with Crippen LogP contribution in [0.5, 0.6) is 0 Å². The predicted molar refractivity (Wildman–Crippen MR) is 68.2 cm³/mol. The molecule has 17 heavy (non-hydrogen) atoms. The lowest BCUT2D eigenvalue weighted by molar-refractivity contribution is 1.14. The summed E-state index contributed by atoms with van der Waals surface area (Å²) < 4.78 is 0. The minimum absolute atomic E-state index is 0.458. The average Bonchev–Trinajstić information content (AvgIpc) is 2.71. The summed E-state index contributed by atoms with van der Waals surface area (Å²) in [4.78, 5) is 18.9. The molecule has 0 aliphatic heterocycles. The molecule has 0 aromatic carbocycles. The van der Waals surface area contributed by atoms with Gasteiger partial charge in [0.2, 0.25) is 0 Å². The van der Waals surface area contributed by atoms with Crippen molar-refractivity contribution in [2.75, 3.05) is 0 Å². The van der Waals surface area contributed by atoms with Crippen molar-refractivity contribution in [2.45, 2.75) is 6.92 Å². The van der Waals surface area contributed by atoms with Crippen molar-refractivity contribution in [3.63, 3.8) is 0 Å². The lowest BCUT2D eigenvalue weighted by Crippen LogP contribution is -1.92. The van der Waals surface area contributed by atoms with Crippen LogP contribution in [-0.2, 0) is 0 Å². The van der Waals surface area contributed by atoms with Crippen molar-refractivity contribution in [2.24, 2.45) is 0 Å². The van der Waals surface area contributed by atoms with Crippen molar-refractivity contribution < 1.29 is 0 Å². The number of halogens is 1. The molecule has 3 rings (SSSR count). The predicted octanol–water partition coefficient (Wildman–Crippen LogP) is 3.11. The van der Waals surface area contributed by atoms with Crippen molar-refractivity contribution >= 4 is 33.2 Å². The van der Waals surface area contributed by atoms with Gasteiger partial charge in [-0.3, -0.25) is 4.98 Å². The lowest BCUT2D eigenvalue weighted by atomic mass is 10.3. The Hall–Kier alpha value is -1.59. The highest BCUT2D eigenvalue weighted by Gasteiger charge is 2.10.